The number of aromatic nitrogens is 6. The largest absolute Gasteiger partial charge is 0.505 e. The average molecular weight is 816 g/mol. The Balaban J connectivity index is 0.000000259. The Bertz CT molecular complexity index is 2120. The minimum absolute atomic E-state index is 0. The summed E-state index contributed by atoms with van der Waals surface area (Å²) in [5.41, 5.74) is 8.54. The first-order valence-electron chi connectivity index (χ1n) is 19.9. The fourth-order valence-electron chi connectivity index (χ4n) is 6.50. The van der Waals surface area contributed by atoms with Crippen molar-refractivity contribution in [3.05, 3.63) is 95.1 Å². The van der Waals surface area contributed by atoms with Crippen molar-refractivity contribution in [2.75, 3.05) is 13.2 Å². The number of hydrogen-bond acceptors (Lipinski definition) is 8. The van der Waals surface area contributed by atoms with Gasteiger partial charge in [-0.1, -0.05) is 93.1 Å². The van der Waals surface area contributed by atoms with Crippen LogP contribution in [0.2, 0.25) is 0 Å². The predicted molar refractivity (Wildman–Crippen MR) is 239 cm³/mol. The lowest BCUT2D eigenvalue weighted by Gasteiger charge is -2.23. The summed E-state index contributed by atoms with van der Waals surface area (Å²) in [7, 11) is 0. The number of nitrogens with zero attached hydrogens (tertiary/aromatic N) is 6. The summed E-state index contributed by atoms with van der Waals surface area (Å²) >= 11 is 5.83. The van der Waals surface area contributed by atoms with E-state index in [4.69, 9.17) is 21.4 Å². The average Bonchev–Trinajstić information content (AvgIpc) is 3.78. The number of rotatable bonds is 12. The van der Waals surface area contributed by atoms with E-state index in [1.165, 1.54) is 22.4 Å². The molecule has 2 heterocycles. The number of alkyl halides is 1. The molecule has 0 spiro atoms. The summed E-state index contributed by atoms with van der Waals surface area (Å²) < 4.78 is 5.88. The van der Waals surface area contributed by atoms with Gasteiger partial charge in [-0.05, 0) is 116 Å². The molecule has 316 valence electrons. The van der Waals surface area contributed by atoms with Gasteiger partial charge >= 0.3 is 0 Å². The minimum Gasteiger partial charge on any atom is -0.505 e. The molecule has 58 heavy (non-hydrogen) atoms. The van der Waals surface area contributed by atoms with Crippen molar-refractivity contribution < 1.29 is 20.1 Å². The predicted octanol–water partition coefficient (Wildman–Crippen LogP) is 11.7. The Kier molecular flexibility index (Phi) is 17.7. The summed E-state index contributed by atoms with van der Waals surface area (Å²) in [6, 6.07) is 22.8. The van der Waals surface area contributed by atoms with Crippen molar-refractivity contribution in [3.63, 3.8) is 0 Å². The molecule has 2 atom stereocenters. The van der Waals surface area contributed by atoms with Crippen molar-refractivity contribution in [1.29, 1.82) is 0 Å². The summed E-state index contributed by atoms with van der Waals surface area (Å²) in [6.45, 7) is 23.2. The van der Waals surface area contributed by atoms with Gasteiger partial charge in [0.15, 0.2) is 0 Å². The second kappa shape index (κ2) is 21.5. The van der Waals surface area contributed by atoms with Crippen LogP contribution in [0, 0.1) is 36.5 Å². The van der Waals surface area contributed by atoms with Gasteiger partial charge < -0.3 is 20.1 Å². The van der Waals surface area contributed by atoms with Gasteiger partial charge in [0.2, 0.25) is 0 Å². The van der Waals surface area contributed by atoms with E-state index < -0.39 is 0 Å². The maximum absolute atomic E-state index is 10.8. The van der Waals surface area contributed by atoms with Gasteiger partial charge in [-0.15, -0.1) is 41.6 Å². The molecule has 2 unspecified atom stereocenters. The van der Waals surface area contributed by atoms with Crippen molar-refractivity contribution in [2.24, 2.45) is 22.7 Å². The van der Waals surface area contributed by atoms with Crippen molar-refractivity contribution in [3.8, 4) is 22.9 Å². The maximum Gasteiger partial charge on any atom is 0.148 e. The Hall–Kier alpha value is -4.51. The highest BCUT2D eigenvalue weighted by Gasteiger charge is 2.17. The van der Waals surface area contributed by atoms with E-state index in [-0.39, 0.29) is 24.8 Å². The molecule has 0 fully saturated rings. The van der Waals surface area contributed by atoms with Gasteiger partial charge in [0.05, 0.1) is 12.5 Å². The van der Waals surface area contributed by atoms with Gasteiger partial charge in [0, 0.05) is 24.3 Å². The van der Waals surface area contributed by atoms with Crippen LogP contribution < -0.4 is 0 Å². The topological polar surface area (TPSA) is 131 Å². The smallest absolute Gasteiger partial charge is 0.148 e. The molecule has 0 aliphatic heterocycles. The SMILES string of the molecule is C.CC(CO)CCC(C)(C)C.Cc1cc(CCl)c(O)c(-n2nc3ccccc3n2)c1.Cc1cc(COCCC(C)CC(C)(C)C)c(O)c(-n2nc3ccccc3n2)c1. The van der Waals surface area contributed by atoms with Gasteiger partial charge in [0.25, 0.3) is 0 Å². The molecule has 0 aliphatic carbocycles. The Morgan fingerprint density at radius 2 is 1.09 bits per heavy atom. The van der Waals surface area contributed by atoms with Crippen molar-refractivity contribution in [2.45, 2.75) is 115 Å². The van der Waals surface area contributed by atoms with Crippen LogP contribution in [0.1, 0.15) is 111 Å². The molecule has 2 aromatic heterocycles. The van der Waals surface area contributed by atoms with Crippen LogP contribution in [0.25, 0.3) is 33.4 Å². The zero-order chi connectivity index (χ0) is 41.9. The van der Waals surface area contributed by atoms with Crippen LogP contribution in [0.4, 0.5) is 0 Å². The zero-order valence-electron chi connectivity index (χ0n) is 35.6. The van der Waals surface area contributed by atoms with Crippen molar-refractivity contribution in [1.82, 2.24) is 30.0 Å². The lowest BCUT2D eigenvalue weighted by Crippen LogP contribution is -2.12. The van der Waals surface area contributed by atoms with Gasteiger partial charge in [-0.3, -0.25) is 0 Å². The number of benzene rings is 4. The summed E-state index contributed by atoms with van der Waals surface area (Å²) in [6.07, 6.45) is 4.53. The van der Waals surface area contributed by atoms with Crippen molar-refractivity contribution >= 4 is 33.7 Å². The van der Waals surface area contributed by atoms with E-state index in [2.05, 4.69) is 75.8 Å². The molecule has 6 aromatic rings. The lowest BCUT2D eigenvalue weighted by atomic mass is 9.84. The number of phenols is 2. The van der Waals surface area contributed by atoms with Gasteiger partial charge in [0.1, 0.15) is 44.9 Å². The molecule has 0 saturated carbocycles. The van der Waals surface area contributed by atoms with E-state index in [1.807, 2.05) is 86.6 Å². The number of fused-ring (bicyclic) bond motifs is 2. The summed E-state index contributed by atoms with van der Waals surface area (Å²) in [4.78, 5) is 2.95. The van der Waals surface area contributed by atoms with Crippen LogP contribution in [0.3, 0.4) is 0 Å². The molecule has 10 nitrogen and oxygen atoms in total. The van der Waals surface area contributed by atoms with E-state index >= 15 is 0 Å². The van der Waals surface area contributed by atoms with Crippen LogP contribution in [-0.2, 0) is 17.2 Å². The van der Waals surface area contributed by atoms with Crippen LogP contribution in [0.5, 0.6) is 11.5 Å². The fourth-order valence-corrected chi connectivity index (χ4v) is 6.71. The first kappa shape index (κ1) is 47.9. The standard InChI is InChI=1S/C23H31N3O2.C14H12ClN3O.C9H20O.CH4/c1-16(14-23(3,4)5)10-11-28-15-18-12-17(2)13-21(22(18)27)26-24-19-8-6-7-9-20(19)25-26;1-9-6-10(8-15)14(19)13(7-9)18-16-11-4-2-3-5-12(11)17-18;1-8(7-10)5-6-9(2,3)4;/h6-9,12-13,16,27H,10-11,14-15H2,1-5H3;2-7,19H,8H2,1H3;8,10H,5-7H2,1-4H3;1H4. The number of aliphatic hydroxyl groups is 1. The molecular weight excluding hydrogens is 748 g/mol. The number of aromatic hydroxyl groups is 2. The molecule has 4 aromatic carbocycles. The molecule has 3 N–H and O–H groups in total. The molecule has 0 bridgehead atoms. The number of ether oxygens (including phenoxy) is 1. The highest BCUT2D eigenvalue weighted by Crippen LogP contribution is 2.31. The highest BCUT2D eigenvalue weighted by molar-refractivity contribution is 6.17. The Morgan fingerprint density at radius 1 is 0.655 bits per heavy atom. The molecule has 0 amide bonds. The Morgan fingerprint density at radius 3 is 1.48 bits per heavy atom. The number of aliphatic hydroxyl groups excluding tert-OH is 1. The molecular formula is C47H67ClN6O4. The summed E-state index contributed by atoms with van der Waals surface area (Å²) in [5.74, 6) is 1.64. The van der Waals surface area contributed by atoms with Gasteiger partial charge in [-0.2, -0.15) is 0 Å². The van der Waals surface area contributed by atoms with E-state index in [0.717, 1.165) is 51.6 Å². The third-order valence-corrected chi connectivity index (χ3v) is 9.73. The highest BCUT2D eigenvalue weighted by atomic mass is 35.5. The van der Waals surface area contributed by atoms with Gasteiger partial charge in [-0.25, -0.2) is 0 Å². The maximum atomic E-state index is 10.8. The molecule has 0 aliphatic rings. The fraction of sp³-hybridized carbons (Fsp3) is 0.489. The lowest BCUT2D eigenvalue weighted by molar-refractivity contribution is 0.102. The second-order valence-corrected chi connectivity index (χ2v) is 18.0. The number of halogens is 1. The molecule has 0 radical (unpaired) electrons. The monoisotopic (exact) mass is 814 g/mol. The summed E-state index contributed by atoms with van der Waals surface area (Å²) in [5, 5.41) is 47.4. The first-order valence-corrected chi connectivity index (χ1v) is 20.5. The normalized spacial score (nSPS) is 12.6. The minimum atomic E-state index is 0. The molecule has 6 rings (SSSR count). The van der Waals surface area contributed by atoms with E-state index in [9.17, 15) is 10.2 Å². The molecule has 0 saturated heterocycles. The molecule has 11 heteroatoms. The number of hydrogen-bond donors (Lipinski definition) is 3. The zero-order valence-corrected chi connectivity index (χ0v) is 36.3. The van der Waals surface area contributed by atoms with Crippen LogP contribution in [-0.4, -0.2) is 58.5 Å². The van der Waals surface area contributed by atoms with Crippen LogP contribution >= 0.6 is 11.6 Å². The first-order chi connectivity index (χ1) is 26.9. The third kappa shape index (κ3) is 14.4. The van der Waals surface area contributed by atoms with Crippen LogP contribution in [0.15, 0.2) is 72.8 Å². The van der Waals surface area contributed by atoms with E-state index in [1.54, 1.807) is 0 Å². The quantitative estimate of drug-likeness (QED) is 0.0822. The Labute approximate surface area is 351 Å². The number of aryl methyl sites for hydroxylation is 2. The third-order valence-electron chi connectivity index (χ3n) is 9.45. The van der Waals surface area contributed by atoms with E-state index in [0.29, 0.717) is 59.4 Å². The number of phenolic OH excluding ortho intramolecular Hbond substituents is 2. The second-order valence-electron chi connectivity index (χ2n) is 17.8.